The maximum absolute atomic E-state index is 11.6. The van der Waals surface area contributed by atoms with Crippen LogP contribution in [0.4, 0.5) is 0 Å². The summed E-state index contributed by atoms with van der Waals surface area (Å²) in [5, 5.41) is 0. The van der Waals surface area contributed by atoms with Gasteiger partial charge in [0.15, 0.2) is 6.79 Å². The second kappa shape index (κ2) is 9.18. The topological polar surface area (TPSA) is 54.0 Å². The standard InChI is InChI=1S/C16H30O5/c1-13(8-18-11-19-9-15(2,3)4)14(17)21-12-20-10-16(5,6)7/h1,8-12H2,2-7H3. The molecule has 0 unspecified atom stereocenters. The molecule has 0 radical (unpaired) electrons. The van der Waals surface area contributed by atoms with E-state index in [4.69, 9.17) is 18.9 Å². The molecule has 0 saturated heterocycles. The van der Waals surface area contributed by atoms with Crippen LogP contribution in [-0.2, 0) is 23.7 Å². The van der Waals surface area contributed by atoms with Gasteiger partial charge in [0, 0.05) is 0 Å². The van der Waals surface area contributed by atoms with E-state index >= 15 is 0 Å². The van der Waals surface area contributed by atoms with Gasteiger partial charge in [-0.05, 0) is 10.8 Å². The Kier molecular flexibility index (Phi) is 8.78. The molecule has 0 heterocycles. The molecule has 21 heavy (non-hydrogen) atoms. The molecular weight excluding hydrogens is 272 g/mol. The largest absolute Gasteiger partial charge is 0.435 e. The zero-order valence-corrected chi connectivity index (χ0v) is 14.3. The van der Waals surface area contributed by atoms with Gasteiger partial charge in [0.1, 0.15) is 6.79 Å². The molecule has 0 aromatic rings. The third kappa shape index (κ3) is 13.8. The molecule has 0 spiro atoms. The minimum Gasteiger partial charge on any atom is -0.435 e. The van der Waals surface area contributed by atoms with E-state index in [1.54, 1.807) is 0 Å². The minimum atomic E-state index is -0.514. The molecule has 0 aromatic heterocycles. The first-order valence-corrected chi connectivity index (χ1v) is 7.09. The third-order valence-electron chi connectivity index (χ3n) is 2.08. The Morgan fingerprint density at radius 2 is 1.33 bits per heavy atom. The average Bonchev–Trinajstić information content (AvgIpc) is 2.31. The number of rotatable bonds is 9. The molecule has 0 atom stereocenters. The average molecular weight is 302 g/mol. The van der Waals surface area contributed by atoms with Crippen LogP contribution in [0, 0.1) is 10.8 Å². The Morgan fingerprint density at radius 1 is 0.857 bits per heavy atom. The highest BCUT2D eigenvalue weighted by atomic mass is 16.7. The zero-order chi connectivity index (χ0) is 16.5. The van der Waals surface area contributed by atoms with Crippen molar-refractivity contribution in [2.75, 3.05) is 33.4 Å². The van der Waals surface area contributed by atoms with E-state index in [2.05, 4.69) is 27.4 Å². The lowest BCUT2D eigenvalue weighted by molar-refractivity contribution is -0.155. The van der Waals surface area contributed by atoms with Crippen LogP contribution in [0.2, 0.25) is 0 Å². The van der Waals surface area contributed by atoms with Gasteiger partial charge in [-0.3, -0.25) is 0 Å². The first kappa shape index (κ1) is 20.1. The zero-order valence-electron chi connectivity index (χ0n) is 14.3. The Bertz CT molecular complexity index is 323. The van der Waals surface area contributed by atoms with Gasteiger partial charge in [0.2, 0.25) is 0 Å². The van der Waals surface area contributed by atoms with Crippen LogP contribution in [0.1, 0.15) is 41.5 Å². The van der Waals surface area contributed by atoms with Crippen molar-refractivity contribution in [2.24, 2.45) is 10.8 Å². The van der Waals surface area contributed by atoms with E-state index in [1.807, 2.05) is 20.8 Å². The van der Waals surface area contributed by atoms with Gasteiger partial charge in [-0.15, -0.1) is 0 Å². The van der Waals surface area contributed by atoms with Crippen molar-refractivity contribution >= 4 is 5.97 Å². The summed E-state index contributed by atoms with van der Waals surface area (Å²) in [5.41, 5.74) is 0.370. The summed E-state index contributed by atoms with van der Waals surface area (Å²) in [6.45, 7) is 17.2. The Hall–Kier alpha value is -0.910. The van der Waals surface area contributed by atoms with Gasteiger partial charge in [-0.1, -0.05) is 48.1 Å². The fourth-order valence-electron chi connectivity index (χ4n) is 1.18. The van der Waals surface area contributed by atoms with E-state index in [1.165, 1.54) is 0 Å². The van der Waals surface area contributed by atoms with Gasteiger partial charge in [0.25, 0.3) is 0 Å². The monoisotopic (exact) mass is 302 g/mol. The van der Waals surface area contributed by atoms with E-state index in [0.29, 0.717) is 13.2 Å². The van der Waals surface area contributed by atoms with Crippen molar-refractivity contribution in [3.05, 3.63) is 12.2 Å². The molecular formula is C16H30O5. The number of esters is 1. The summed E-state index contributed by atoms with van der Waals surface area (Å²) in [6.07, 6.45) is 0. The molecule has 5 heteroatoms. The molecule has 0 aliphatic heterocycles. The molecule has 0 aliphatic carbocycles. The van der Waals surface area contributed by atoms with Gasteiger partial charge in [0.05, 0.1) is 25.4 Å². The molecule has 0 bridgehead atoms. The summed E-state index contributed by atoms with van der Waals surface area (Å²) in [4.78, 5) is 11.6. The summed E-state index contributed by atoms with van der Waals surface area (Å²) < 4.78 is 20.7. The lowest BCUT2D eigenvalue weighted by atomic mass is 9.99. The molecule has 5 nitrogen and oxygen atoms in total. The van der Waals surface area contributed by atoms with Crippen LogP contribution in [0.3, 0.4) is 0 Å². The lowest BCUT2D eigenvalue weighted by Gasteiger charge is -2.18. The molecule has 0 rings (SSSR count). The van der Waals surface area contributed by atoms with Crippen molar-refractivity contribution in [1.82, 2.24) is 0 Å². The Balaban J connectivity index is 3.65. The van der Waals surface area contributed by atoms with Crippen LogP contribution < -0.4 is 0 Å². The number of carbonyl (C=O) groups is 1. The molecule has 124 valence electrons. The van der Waals surface area contributed by atoms with Crippen LogP contribution in [0.5, 0.6) is 0 Å². The maximum atomic E-state index is 11.6. The normalized spacial score (nSPS) is 12.3. The van der Waals surface area contributed by atoms with Crippen LogP contribution in [0.15, 0.2) is 12.2 Å². The summed E-state index contributed by atoms with van der Waals surface area (Å²) in [5.74, 6) is -0.514. The smallest absolute Gasteiger partial charge is 0.337 e. The SMILES string of the molecule is C=C(COCOCC(C)(C)C)C(=O)OCOCC(C)(C)C. The van der Waals surface area contributed by atoms with E-state index in [0.717, 1.165) is 0 Å². The predicted octanol–water partition coefficient (Wildman–Crippen LogP) is 3.14. The number of carbonyl (C=O) groups excluding carboxylic acids is 1. The summed E-state index contributed by atoms with van der Waals surface area (Å²) in [6, 6.07) is 0. The van der Waals surface area contributed by atoms with Crippen molar-refractivity contribution < 1.29 is 23.7 Å². The van der Waals surface area contributed by atoms with E-state index < -0.39 is 5.97 Å². The Labute approximate surface area is 128 Å². The number of hydrogen-bond donors (Lipinski definition) is 0. The van der Waals surface area contributed by atoms with Gasteiger partial charge in [-0.25, -0.2) is 4.79 Å². The van der Waals surface area contributed by atoms with Crippen molar-refractivity contribution in [2.45, 2.75) is 41.5 Å². The Morgan fingerprint density at radius 3 is 1.81 bits per heavy atom. The summed E-state index contributed by atoms with van der Waals surface area (Å²) in [7, 11) is 0. The highest BCUT2D eigenvalue weighted by molar-refractivity contribution is 5.87. The van der Waals surface area contributed by atoms with Crippen molar-refractivity contribution in [3.63, 3.8) is 0 Å². The quantitative estimate of drug-likeness (QED) is 0.283. The fourth-order valence-corrected chi connectivity index (χ4v) is 1.18. The molecule has 0 N–H and O–H groups in total. The molecule has 0 aromatic carbocycles. The molecule has 0 fully saturated rings. The van der Waals surface area contributed by atoms with Gasteiger partial charge < -0.3 is 18.9 Å². The highest BCUT2D eigenvalue weighted by Gasteiger charge is 2.13. The first-order chi connectivity index (χ1) is 9.51. The third-order valence-corrected chi connectivity index (χ3v) is 2.08. The van der Waals surface area contributed by atoms with E-state index in [9.17, 15) is 4.79 Å². The van der Waals surface area contributed by atoms with Crippen molar-refractivity contribution in [1.29, 1.82) is 0 Å². The van der Waals surface area contributed by atoms with Crippen LogP contribution in [0.25, 0.3) is 0 Å². The second-order valence-electron chi connectivity index (χ2n) is 7.44. The fraction of sp³-hybridized carbons (Fsp3) is 0.812. The molecule has 0 amide bonds. The lowest BCUT2D eigenvalue weighted by Crippen LogP contribution is -2.20. The molecule has 0 saturated carbocycles. The maximum Gasteiger partial charge on any atom is 0.337 e. The van der Waals surface area contributed by atoms with E-state index in [-0.39, 0.29) is 36.6 Å². The van der Waals surface area contributed by atoms with Gasteiger partial charge in [-0.2, -0.15) is 0 Å². The summed E-state index contributed by atoms with van der Waals surface area (Å²) >= 11 is 0. The van der Waals surface area contributed by atoms with Gasteiger partial charge >= 0.3 is 5.97 Å². The van der Waals surface area contributed by atoms with Crippen molar-refractivity contribution in [3.8, 4) is 0 Å². The number of hydrogen-bond acceptors (Lipinski definition) is 5. The number of ether oxygens (including phenoxy) is 4. The molecule has 0 aliphatic rings. The van der Waals surface area contributed by atoms with Crippen LogP contribution in [-0.4, -0.2) is 39.4 Å². The minimum absolute atomic E-state index is 0.0386. The highest BCUT2D eigenvalue weighted by Crippen LogP contribution is 2.13. The predicted molar refractivity (Wildman–Crippen MR) is 81.7 cm³/mol. The van der Waals surface area contributed by atoms with Crippen LogP contribution >= 0.6 is 0 Å². The first-order valence-electron chi connectivity index (χ1n) is 7.09. The second-order valence-corrected chi connectivity index (χ2v) is 7.44.